The van der Waals surface area contributed by atoms with Crippen LogP contribution in [0.4, 0.5) is 5.69 Å². The highest BCUT2D eigenvalue weighted by Crippen LogP contribution is 2.31. The molecule has 7 heteroatoms. The first-order chi connectivity index (χ1) is 13.6. The Bertz CT molecular complexity index is 1100. The Morgan fingerprint density at radius 3 is 3.04 bits per heavy atom. The lowest BCUT2D eigenvalue weighted by molar-refractivity contribution is -0.116. The van der Waals surface area contributed by atoms with E-state index in [1.165, 1.54) is 28.7 Å². The molecule has 0 saturated heterocycles. The molecule has 0 aliphatic carbocycles. The van der Waals surface area contributed by atoms with Crippen molar-refractivity contribution in [3.8, 4) is 0 Å². The third-order valence-corrected chi connectivity index (χ3v) is 6.74. The van der Waals surface area contributed by atoms with E-state index in [-0.39, 0.29) is 23.3 Å². The third-order valence-electron chi connectivity index (χ3n) is 4.98. The lowest BCUT2D eigenvalue weighted by Gasteiger charge is -2.35. The van der Waals surface area contributed by atoms with Gasteiger partial charge in [-0.2, -0.15) is 0 Å². The van der Waals surface area contributed by atoms with Crippen LogP contribution in [0.2, 0.25) is 0 Å². The Labute approximate surface area is 171 Å². The number of allylic oxidation sites excluding steroid dienone is 1. The first-order valence-corrected chi connectivity index (χ1v) is 11.1. The van der Waals surface area contributed by atoms with E-state index < -0.39 is 0 Å². The molecule has 144 valence electrons. The highest BCUT2D eigenvalue weighted by molar-refractivity contribution is 7.99. The summed E-state index contributed by atoms with van der Waals surface area (Å²) in [7, 11) is 0. The van der Waals surface area contributed by atoms with Crippen LogP contribution in [0.3, 0.4) is 0 Å². The normalized spacial score (nSPS) is 16.2. The molecular weight excluding hydrogens is 390 g/mol. The average molecular weight is 412 g/mol. The summed E-state index contributed by atoms with van der Waals surface area (Å²) in [5.74, 6) is 0.273. The number of carbonyl (C=O) groups is 1. The number of aryl methyl sites for hydroxylation is 1. The SMILES string of the molecule is C=CCn1c(SCC(=O)N2c3ccccc3CCC2C)nc2sccc2c1=O. The maximum Gasteiger partial charge on any atom is 0.263 e. The molecule has 2 aromatic heterocycles. The Hall–Kier alpha value is -2.38. The number of hydrogen-bond acceptors (Lipinski definition) is 5. The van der Waals surface area contributed by atoms with E-state index in [1.807, 2.05) is 28.5 Å². The summed E-state index contributed by atoms with van der Waals surface area (Å²) in [6, 6.07) is 10.0. The van der Waals surface area contributed by atoms with E-state index in [0.29, 0.717) is 21.9 Å². The fraction of sp³-hybridized carbons (Fsp3) is 0.286. The predicted molar refractivity (Wildman–Crippen MR) is 117 cm³/mol. The summed E-state index contributed by atoms with van der Waals surface area (Å²) in [4.78, 5) is 33.0. The first-order valence-electron chi connectivity index (χ1n) is 9.22. The zero-order valence-electron chi connectivity index (χ0n) is 15.6. The molecule has 0 fully saturated rings. The van der Waals surface area contributed by atoms with E-state index >= 15 is 0 Å². The molecule has 4 rings (SSSR count). The number of hydrogen-bond donors (Lipinski definition) is 0. The quantitative estimate of drug-likeness (QED) is 0.360. The van der Waals surface area contributed by atoms with Crippen LogP contribution in [0.15, 0.2) is 58.3 Å². The third kappa shape index (κ3) is 3.40. The summed E-state index contributed by atoms with van der Waals surface area (Å²) in [6.07, 6.45) is 3.62. The Balaban J connectivity index is 1.61. The summed E-state index contributed by atoms with van der Waals surface area (Å²) in [5.41, 5.74) is 2.12. The van der Waals surface area contributed by atoms with Crippen LogP contribution in [0.1, 0.15) is 18.9 Å². The van der Waals surface area contributed by atoms with Gasteiger partial charge in [-0.15, -0.1) is 17.9 Å². The zero-order chi connectivity index (χ0) is 19.7. The van der Waals surface area contributed by atoms with E-state index in [0.717, 1.165) is 18.5 Å². The lowest BCUT2D eigenvalue weighted by atomic mass is 9.97. The second-order valence-electron chi connectivity index (χ2n) is 6.81. The molecule has 0 N–H and O–H groups in total. The molecule has 0 spiro atoms. The van der Waals surface area contributed by atoms with E-state index in [4.69, 9.17) is 0 Å². The molecule has 1 aliphatic heterocycles. The molecule has 1 aliphatic rings. The van der Waals surface area contributed by atoms with Crippen LogP contribution in [-0.2, 0) is 17.8 Å². The number of nitrogens with zero attached hydrogens (tertiary/aromatic N) is 3. The van der Waals surface area contributed by atoms with Crippen LogP contribution in [0, 0.1) is 0 Å². The Morgan fingerprint density at radius 1 is 1.39 bits per heavy atom. The zero-order valence-corrected chi connectivity index (χ0v) is 17.3. The number of benzene rings is 1. The molecule has 3 aromatic rings. The number of amides is 1. The first kappa shape index (κ1) is 19.0. The van der Waals surface area contributed by atoms with Crippen molar-refractivity contribution in [1.82, 2.24) is 9.55 Å². The lowest BCUT2D eigenvalue weighted by Crippen LogP contribution is -2.43. The van der Waals surface area contributed by atoms with Crippen LogP contribution in [0.5, 0.6) is 0 Å². The fourth-order valence-electron chi connectivity index (χ4n) is 3.59. The summed E-state index contributed by atoms with van der Waals surface area (Å²) < 4.78 is 1.59. The Kier molecular flexibility index (Phi) is 5.37. The van der Waals surface area contributed by atoms with Gasteiger partial charge >= 0.3 is 0 Å². The minimum Gasteiger partial charge on any atom is -0.309 e. The predicted octanol–water partition coefficient (Wildman–Crippen LogP) is 4.10. The van der Waals surface area contributed by atoms with Crippen LogP contribution in [-0.4, -0.2) is 27.3 Å². The van der Waals surface area contributed by atoms with Crippen LogP contribution < -0.4 is 10.5 Å². The van der Waals surface area contributed by atoms with Gasteiger partial charge in [0.1, 0.15) is 4.83 Å². The van der Waals surface area contributed by atoms with Crippen molar-refractivity contribution in [2.45, 2.75) is 37.5 Å². The summed E-state index contributed by atoms with van der Waals surface area (Å²) in [6.45, 7) is 6.20. The summed E-state index contributed by atoms with van der Waals surface area (Å²) in [5, 5.41) is 3.04. The van der Waals surface area contributed by atoms with Crippen molar-refractivity contribution in [3.05, 3.63) is 64.3 Å². The highest BCUT2D eigenvalue weighted by Gasteiger charge is 2.28. The van der Waals surface area contributed by atoms with Gasteiger partial charge in [0.15, 0.2) is 5.16 Å². The average Bonchev–Trinajstić information content (AvgIpc) is 3.17. The largest absolute Gasteiger partial charge is 0.309 e. The van der Waals surface area contributed by atoms with Gasteiger partial charge in [-0.3, -0.25) is 14.2 Å². The standard InChI is InChI=1S/C21H21N3O2S2/c1-3-11-23-20(26)16-10-12-27-19(16)22-21(23)28-13-18(25)24-14(2)8-9-15-6-4-5-7-17(15)24/h3-7,10,12,14H,1,8-9,11,13H2,2H3. The number of carbonyl (C=O) groups excluding carboxylic acids is 1. The van der Waals surface area contributed by atoms with Crippen LogP contribution in [0.25, 0.3) is 10.2 Å². The molecule has 1 unspecified atom stereocenters. The second kappa shape index (κ2) is 7.93. The maximum atomic E-state index is 13.1. The topological polar surface area (TPSA) is 55.2 Å². The number of thioether (sulfide) groups is 1. The molecule has 0 bridgehead atoms. The van der Waals surface area contributed by atoms with Gasteiger partial charge in [-0.1, -0.05) is 36.0 Å². The Morgan fingerprint density at radius 2 is 2.21 bits per heavy atom. The van der Waals surface area contributed by atoms with Crippen molar-refractivity contribution in [3.63, 3.8) is 0 Å². The molecule has 1 atom stereocenters. The minimum absolute atomic E-state index is 0.0373. The molecule has 1 amide bonds. The van der Waals surface area contributed by atoms with Crippen molar-refractivity contribution in [2.24, 2.45) is 0 Å². The maximum absolute atomic E-state index is 13.1. The molecule has 3 heterocycles. The van der Waals surface area contributed by atoms with Crippen molar-refractivity contribution in [1.29, 1.82) is 0 Å². The number of rotatable bonds is 5. The number of thiophene rings is 1. The van der Waals surface area contributed by atoms with Crippen molar-refractivity contribution in [2.75, 3.05) is 10.7 Å². The van der Waals surface area contributed by atoms with Gasteiger partial charge < -0.3 is 4.90 Å². The number of para-hydroxylation sites is 1. The van der Waals surface area contributed by atoms with E-state index in [2.05, 4.69) is 24.6 Å². The number of fused-ring (bicyclic) bond motifs is 2. The second-order valence-corrected chi connectivity index (χ2v) is 8.64. The minimum atomic E-state index is -0.0854. The monoisotopic (exact) mass is 411 g/mol. The molecule has 5 nitrogen and oxygen atoms in total. The van der Waals surface area contributed by atoms with Gasteiger partial charge in [0.05, 0.1) is 11.1 Å². The van der Waals surface area contributed by atoms with E-state index in [9.17, 15) is 9.59 Å². The molecule has 0 radical (unpaired) electrons. The molecule has 1 aromatic carbocycles. The summed E-state index contributed by atoms with van der Waals surface area (Å²) >= 11 is 2.75. The van der Waals surface area contributed by atoms with Crippen molar-refractivity contribution >= 4 is 44.9 Å². The molecular formula is C21H21N3O2S2. The fourth-order valence-corrected chi connectivity index (χ4v) is 5.27. The van der Waals surface area contributed by atoms with E-state index in [1.54, 1.807) is 16.7 Å². The molecule has 0 saturated carbocycles. The van der Waals surface area contributed by atoms with Gasteiger partial charge in [-0.25, -0.2) is 4.98 Å². The van der Waals surface area contributed by atoms with Crippen molar-refractivity contribution < 1.29 is 4.79 Å². The van der Waals surface area contributed by atoms with Gasteiger partial charge in [0.25, 0.3) is 5.56 Å². The van der Waals surface area contributed by atoms with Gasteiger partial charge in [0, 0.05) is 18.3 Å². The van der Waals surface area contributed by atoms with Crippen LogP contribution >= 0.6 is 23.1 Å². The van der Waals surface area contributed by atoms with Gasteiger partial charge in [0.2, 0.25) is 5.91 Å². The molecule has 28 heavy (non-hydrogen) atoms. The number of aromatic nitrogens is 2. The smallest absolute Gasteiger partial charge is 0.263 e. The van der Waals surface area contributed by atoms with Gasteiger partial charge in [-0.05, 0) is 42.8 Å². The highest BCUT2D eigenvalue weighted by atomic mass is 32.2. The number of anilines is 1.